The van der Waals surface area contributed by atoms with Gasteiger partial charge in [0.05, 0.1) is 0 Å². The third kappa shape index (κ3) is 2.29. The molecule has 1 aliphatic rings. The summed E-state index contributed by atoms with van der Waals surface area (Å²) in [6.45, 7) is 0. The van der Waals surface area contributed by atoms with E-state index < -0.39 is 0 Å². The summed E-state index contributed by atoms with van der Waals surface area (Å²) in [4.78, 5) is 12.4. The van der Waals surface area contributed by atoms with Gasteiger partial charge in [0.2, 0.25) is 0 Å². The normalized spacial score (nSPS) is 16.4. The van der Waals surface area contributed by atoms with Crippen molar-refractivity contribution in [3.8, 4) is 0 Å². The SMILES string of the molecule is Nc1ccc(C=C2CCc3ccccc3C2=O)cc1. The minimum atomic E-state index is 0.152. The predicted molar refractivity (Wildman–Crippen MR) is 77.9 cm³/mol. The highest BCUT2D eigenvalue weighted by molar-refractivity contribution is 6.13. The van der Waals surface area contributed by atoms with Gasteiger partial charge < -0.3 is 5.73 Å². The number of hydrogen-bond acceptors (Lipinski definition) is 2. The molecule has 0 atom stereocenters. The van der Waals surface area contributed by atoms with Crippen LogP contribution in [0.25, 0.3) is 6.08 Å². The molecule has 0 aromatic heterocycles. The summed E-state index contributed by atoms with van der Waals surface area (Å²) in [5, 5.41) is 0. The highest BCUT2D eigenvalue weighted by Gasteiger charge is 2.20. The maximum absolute atomic E-state index is 12.4. The molecule has 1 aliphatic carbocycles. The second-order valence-corrected chi connectivity index (χ2v) is 4.82. The molecule has 19 heavy (non-hydrogen) atoms. The molecule has 0 bridgehead atoms. The lowest BCUT2D eigenvalue weighted by molar-refractivity contribution is 0.102. The van der Waals surface area contributed by atoms with Gasteiger partial charge in [-0.1, -0.05) is 36.4 Å². The smallest absolute Gasteiger partial charge is 0.189 e. The number of carbonyl (C=O) groups excluding carboxylic acids is 1. The molecule has 2 aromatic rings. The van der Waals surface area contributed by atoms with Crippen LogP contribution in [0.15, 0.2) is 54.1 Å². The van der Waals surface area contributed by atoms with Crippen molar-refractivity contribution >= 4 is 17.5 Å². The van der Waals surface area contributed by atoms with E-state index in [0.29, 0.717) is 0 Å². The number of benzene rings is 2. The van der Waals surface area contributed by atoms with Gasteiger partial charge in [0, 0.05) is 16.8 Å². The fraction of sp³-hybridized carbons (Fsp3) is 0.118. The molecule has 2 heteroatoms. The van der Waals surface area contributed by atoms with Crippen molar-refractivity contribution in [3.63, 3.8) is 0 Å². The van der Waals surface area contributed by atoms with Crippen LogP contribution in [0.2, 0.25) is 0 Å². The van der Waals surface area contributed by atoms with Crippen molar-refractivity contribution in [2.45, 2.75) is 12.8 Å². The van der Waals surface area contributed by atoms with Crippen LogP contribution in [0.3, 0.4) is 0 Å². The van der Waals surface area contributed by atoms with E-state index in [1.165, 1.54) is 0 Å². The molecule has 0 amide bonds. The van der Waals surface area contributed by atoms with Crippen LogP contribution < -0.4 is 5.73 Å². The molecule has 0 saturated heterocycles. The highest BCUT2D eigenvalue weighted by Crippen LogP contribution is 2.26. The van der Waals surface area contributed by atoms with Crippen LogP contribution in [0.4, 0.5) is 5.69 Å². The number of Topliss-reactive ketones (excluding diaryl/α,β-unsaturated/α-hetero) is 1. The summed E-state index contributed by atoms with van der Waals surface area (Å²) < 4.78 is 0. The number of fused-ring (bicyclic) bond motifs is 1. The van der Waals surface area contributed by atoms with Crippen molar-refractivity contribution in [2.75, 3.05) is 5.73 Å². The molecule has 3 rings (SSSR count). The highest BCUT2D eigenvalue weighted by atomic mass is 16.1. The van der Waals surface area contributed by atoms with Gasteiger partial charge in [-0.3, -0.25) is 4.79 Å². The Kier molecular flexibility index (Phi) is 2.92. The van der Waals surface area contributed by atoms with E-state index >= 15 is 0 Å². The van der Waals surface area contributed by atoms with E-state index in [2.05, 4.69) is 0 Å². The zero-order chi connectivity index (χ0) is 13.2. The Morgan fingerprint density at radius 2 is 1.68 bits per heavy atom. The van der Waals surface area contributed by atoms with Gasteiger partial charge in [0.15, 0.2) is 5.78 Å². The molecule has 2 aromatic carbocycles. The standard InChI is InChI=1S/C17H15NO/c18-15-9-5-12(6-10-15)11-14-8-7-13-3-1-2-4-16(13)17(14)19/h1-6,9-11H,7-8,18H2. The average Bonchev–Trinajstić information content (AvgIpc) is 2.45. The topological polar surface area (TPSA) is 43.1 Å². The van der Waals surface area contributed by atoms with Gasteiger partial charge in [0.1, 0.15) is 0 Å². The minimum Gasteiger partial charge on any atom is -0.399 e. The number of anilines is 1. The predicted octanol–water partition coefficient (Wildman–Crippen LogP) is 3.48. The van der Waals surface area contributed by atoms with Crippen LogP contribution >= 0.6 is 0 Å². The van der Waals surface area contributed by atoms with Crippen molar-refractivity contribution in [1.82, 2.24) is 0 Å². The van der Waals surface area contributed by atoms with Gasteiger partial charge >= 0.3 is 0 Å². The first-order valence-corrected chi connectivity index (χ1v) is 6.43. The molecule has 0 spiro atoms. The Labute approximate surface area is 112 Å². The lowest BCUT2D eigenvalue weighted by atomic mass is 9.86. The first kappa shape index (κ1) is 11.7. The maximum atomic E-state index is 12.4. The van der Waals surface area contributed by atoms with Gasteiger partial charge in [-0.2, -0.15) is 0 Å². The summed E-state index contributed by atoms with van der Waals surface area (Å²) in [6, 6.07) is 15.4. The van der Waals surface area contributed by atoms with Gasteiger partial charge in [-0.25, -0.2) is 0 Å². The number of ketones is 1. The Balaban J connectivity index is 1.96. The number of nitrogen functional groups attached to an aromatic ring is 1. The summed E-state index contributed by atoms with van der Waals surface area (Å²) in [5.41, 5.74) is 10.3. The van der Waals surface area contributed by atoms with Gasteiger partial charge in [-0.05, 0) is 42.2 Å². The minimum absolute atomic E-state index is 0.152. The van der Waals surface area contributed by atoms with Crippen LogP contribution in [-0.4, -0.2) is 5.78 Å². The van der Waals surface area contributed by atoms with Crippen LogP contribution in [-0.2, 0) is 6.42 Å². The molecule has 0 heterocycles. The van der Waals surface area contributed by atoms with Gasteiger partial charge in [0.25, 0.3) is 0 Å². The van der Waals surface area contributed by atoms with E-state index in [0.717, 1.165) is 40.8 Å². The van der Waals surface area contributed by atoms with Crippen LogP contribution in [0, 0.1) is 0 Å². The summed E-state index contributed by atoms with van der Waals surface area (Å²) >= 11 is 0. The number of rotatable bonds is 1. The Hall–Kier alpha value is -2.35. The van der Waals surface area contributed by atoms with E-state index in [4.69, 9.17) is 5.73 Å². The van der Waals surface area contributed by atoms with Crippen molar-refractivity contribution in [1.29, 1.82) is 0 Å². The second-order valence-electron chi connectivity index (χ2n) is 4.82. The Morgan fingerprint density at radius 3 is 2.47 bits per heavy atom. The number of nitrogens with two attached hydrogens (primary N) is 1. The number of carbonyl (C=O) groups is 1. The molecular weight excluding hydrogens is 234 g/mol. The zero-order valence-electron chi connectivity index (χ0n) is 10.6. The fourth-order valence-corrected chi connectivity index (χ4v) is 2.45. The Bertz CT molecular complexity index is 653. The summed E-state index contributed by atoms with van der Waals surface area (Å²) in [5.74, 6) is 0.152. The summed E-state index contributed by atoms with van der Waals surface area (Å²) in [6.07, 6.45) is 3.71. The lowest BCUT2D eigenvalue weighted by Crippen LogP contribution is -2.13. The number of aryl methyl sites for hydroxylation is 1. The molecule has 0 radical (unpaired) electrons. The lowest BCUT2D eigenvalue weighted by Gasteiger charge is -2.17. The number of hydrogen-bond donors (Lipinski definition) is 1. The van der Waals surface area contributed by atoms with Gasteiger partial charge in [-0.15, -0.1) is 0 Å². The molecular formula is C17H15NO. The fourth-order valence-electron chi connectivity index (χ4n) is 2.45. The Morgan fingerprint density at radius 1 is 0.947 bits per heavy atom. The van der Waals surface area contributed by atoms with E-state index in [9.17, 15) is 4.79 Å². The van der Waals surface area contributed by atoms with Crippen LogP contribution in [0.5, 0.6) is 0 Å². The maximum Gasteiger partial charge on any atom is 0.189 e. The summed E-state index contributed by atoms with van der Waals surface area (Å²) in [7, 11) is 0. The number of allylic oxidation sites excluding steroid dienone is 1. The van der Waals surface area contributed by atoms with E-state index in [-0.39, 0.29) is 5.78 Å². The molecule has 2 N–H and O–H groups in total. The molecule has 0 aliphatic heterocycles. The van der Waals surface area contributed by atoms with Crippen LogP contribution in [0.1, 0.15) is 27.9 Å². The third-order valence-electron chi connectivity index (χ3n) is 3.49. The molecule has 94 valence electrons. The average molecular weight is 249 g/mol. The van der Waals surface area contributed by atoms with Crippen molar-refractivity contribution < 1.29 is 4.79 Å². The van der Waals surface area contributed by atoms with Crippen molar-refractivity contribution in [2.24, 2.45) is 0 Å². The molecule has 0 unspecified atom stereocenters. The molecule has 0 fully saturated rings. The molecule has 2 nitrogen and oxygen atoms in total. The first-order valence-electron chi connectivity index (χ1n) is 6.43. The van der Waals surface area contributed by atoms with Crippen molar-refractivity contribution in [3.05, 3.63) is 70.8 Å². The molecule has 0 saturated carbocycles. The van der Waals surface area contributed by atoms with E-state index in [1.54, 1.807) is 0 Å². The third-order valence-corrected chi connectivity index (χ3v) is 3.49. The van der Waals surface area contributed by atoms with E-state index in [1.807, 2.05) is 54.6 Å². The first-order chi connectivity index (χ1) is 9.24. The second kappa shape index (κ2) is 4.73. The quantitative estimate of drug-likeness (QED) is 0.621. The zero-order valence-corrected chi connectivity index (χ0v) is 10.6. The largest absolute Gasteiger partial charge is 0.399 e. The monoisotopic (exact) mass is 249 g/mol.